The van der Waals surface area contributed by atoms with Crippen LogP contribution in [0.3, 0.4) is 0 Å². The molecule has 0 aliphatic heterocycles. The molecule has 52 heavy (non-hydrogen) atoms. The molecule has 7 nitrogen and oxygen atoms in total. The van der Waals surface area contributed by atoms with Crippen molar-refractivity contribution in [3.05, 3.63) is 165 Å². The molecule has 5 aromatic carbocycles. The lowest BCUT2D eigenvalue weighted by Crippen LogP contribution is -2.31. The van der Waals surface area contributed by atoms with Crippen molar-refractivity contribution in [3.63, 3.8) is 0 Å². The van der Waals surface area contributed by atoms with Gasteiger partial charge in [0, 0.05) is 38.9 Å². The van der Waals surface area contributed by atoms with Crippen molar-refractivity contribution in [1.29, 1.82) is 10.5 Å². The van der Waals surface area contributed by atoms with Crippen molar-refractivity contribution >= 4 is 17.0 Å². The molecule has 7 aromatic rings. The summed E-state index contributed by atoms with van der Waals surface area (Å²) in [4.78, 5) is 21.7. The van der Waals surface area contributed by atoms with Gasteiger partial charge in [-0.3, -0.25) is 9.36 Å². The van der Waals surface area contributed by atoms with Crippen molar-refractivity contribution in [2.45, 2.75) is 33.9 Å². The first kappa shape index (κ1) is 33.8. The molecule has 0 N–H and O–H groups in total. The van der Waals surface area contributed by atoms with Gasteiger partial charge in [-0.25, -0.2) is 0 Å². The summed E-state index contributed by atoms with van der Waals surface area (Å²) in [6.07, 6.45) is 2.02. The first-order valence-corrected chi connectivity index (χ1v) is 17.2. The van der Waals surface area contributed by atoms with Gasteiger partial charge in [0.2, 0.25) is 5.95 Å². The summed E-state index contributed by atoms with van der Waals surface area (Å²) in [6.45, 7) is 7.25. The summed E-state index contributed by atoms with van der Waals surface area (Å²) >= 11 is 0. The lowest BCUT2D eigenvalue weighted by molar-refractivity contribution is 0.706. The zero-order valence-electron chi connectivity index (χ0n) is 30.0. The monoisotopic (exact) mass is 678 g/mol. The highest BCUT2D eigenvalue weighted by atomic mass is 16.1. The fourth-order valence-electron chi connectivity index (χ4n) is 7.35. The van der Waals surface area contributed by atoms with Crippen molar-refractivity contribution in [2.24, 2.45) is 14.1 Å². The van der Waals surface area contributed by atoms with Gasteiger partial charge in [-0.05, 0) is 83.0 Å². The Bertz CT molecular complexity index is 2490. The van der Waals surface area contributed by atoms with Crippen LogP contribution in [0.4, 0.5) is 5.95 Å². The third kappa shape index (κ3) is 6.25. The fraction of sp³-hybridized carbons (Fsp3) is 0.156. The van der Waals surface area contributed by atoms with Gasteiger partial charge < -0.3 is 9.47 Å². The number of anilines is 1. The number of hydrogen-bond donors (Lipinski definition) is 0. The van der Waals surface area contributed by atoms with Crippen LogP contribution >= 0.6 is 0 Å². The number of aromatic nitrogens is 3. The average Bonchev–Trinajstić information content (AvgIpc) is 3.48. The second kappa shape index (κ2) is 13.9. The summed E-state index contributed by atoms with van der Waals surface area (Å²) in [5, 5.41) is 19.9. The maximum atomic E-state index is 14.4. The summed E-state index contributed by atoms with van der Waals surface area (Å²) < 4.78 is 3.62. The van der Waals surface area contributed by atoms with Gasteiger partial charge in [0.05, 0.1) is 28.7 Å². The molecule has 0 amide bonds. The van der Waals surface area contributed by atoms with E-state index >= 15 is 0 Å². The number of rotatable bonds is 8. The van der Waals surface area contributed by atoms with E-state index < -0.39 is 0 Å². The van der Waals surface area contributed by atoms with Crippen LogP contribution in [0.5, 0.6) is 0 Å². The van der Waals surface area contributed by atoms with Crippen LogP contribution < -0.4 is 10.5 Å². The third-order valence-corrected chi connectivity index (χ3v) is 9.78. The van der Waals surface area contributed by atoms with E-state index in [-0.39, 0.29) is 5.56 Å². The molecule has 7 rings (SSSR count). The Morgan fingerprint density at radius 3 is 1.63 bits per heavy atom. The molecule has 0 atom stereocenters. The van der Waals surface area contributed by atoms with Crippen molar-refractivity contribution < 1.29 is 0 Å². The van der Waals surface area contributed by atoms with Gasteiger partial charge in [0.1, 0.15) is 5.65 Å². The fourth-order valence-corrected chi connectivity index (χ4v) is 7.35. The molecule has 0 saturated carbocycles. The SMILES string of the molecule is Cc1cc(C)c(-c2cn(C)c3nc(N(Cc4ccc(-c5ccccc5C#N)cc4)Cc4ccc(-c5ccccc5C#N)cc4)n(C)c(=O)c23)c(C)c1. The number of benzene rings is 5. The molecule has 0 aliphatic carbocycles. The minimum atomic E-state index is -0.105. The van der Waals surface area contributed by atoms with Crippen molar-refractivity contribution in [3.8, 4) is 45.5 Å². The molecule has 254 valence electrons. The Hall–Kier alpha value is -6.70. The van der Waals surface area contributed by atoms with Crippen molar-refractivity contribution in [1.82, 2.24) is 14.1 Å². The van der Waals surface area contributed by atoms with Gasteiger partial charge in [0.15, 0.2) is 0 Å². The van der Waals surface area contributed by atoms with E-state index in [0.29, 0.717) is 41.2 Å². The molecule has 0 bridgehead atoms. The van der Waals surface area contributed by atoms with Crippen LogP contribution in [0.15, 0.2) is 120 Å². The maximum Gasteiger partial charge on any atom is 0.264 e. The third-order valence-electron chi connectivity index (χ3n) is 9.78. The summed E-state index contributed by atoms with van der Waals surface area (Å²) in [5.41, 5.74) is 12.9. The van der Waals surface area contributed by atoms with Crippen LogP contribution in [-0.4, -0.2) is 14.1 Å². The first-order chi connectivity index (χ1) is 25.2. The second-order valence-electron chi connectivity index (χ2n) is 13.5. The summed E-state index contributed by atoms with van der Waals surface area (Å²) in [5.74, 6) is 0.556. The first-order valence-electron chi connectivity index (χ1n) is 17.2. The van der Waals surface area contributed by atoms with Crippen LogP contribution in [0, 0.1) is 43.4 Å². The molecular formula is C45H38N6O. The maximum absolute atomic E-state index is 14.4. The number of aryl methyl sites for hydroxylation is 4. The van der Waals surface area contributed by atoms with Gasteiger partial charge in [0.25, 0.3) is 5.56 Å². The minimum Gasteiger partial charge on any atom is -0.335 e. The quantitative estimate of drug-likeness (QED) is 0.160. The molecule has 0 radical (unpaired) electrons. The number of nitrogens with zero attached hydrogens (tertiary/aromatic N) is 6. The highest BCUT2D eigenvalue weighted by molar-refractivity contribution is 5.96. The predicted octanol–water partition coefficient (Wildman–Crippen LogP) is 9.15. The molecule has 0 spiro atoms. The molecular weight excluding hydrogens is 641 g/mol. The Labute approximate surface area is 303 Å². The molecule has 0 aliphatic rings. The Morgan fingerprint density at radius 2 is 1.15 bits per heavy atom. The largest absolute Gasteiger partial charge is 0.335 e. The smallest absolute Gasteiger partial charge is 0.264 e. The lowest BCUT2D eigenvalue weighted by Gasteiger charge is -2.26. The number of fused-ring (bicyclic) bond motifs is 1. The summed E-state index contributed by atoms with van der Waals surface area (Å²) in [6, 6.07) is 40.5. The molecule has 2 heterocycles. The number of nitriles is 2. The van der Waals surface area contributed by atoms with E-state index in [9.17, 15) is 15.3 Å². The van der Waals surface area contributed by atoms with E-state index in [4.69, 9.17) is 4.98 Å². The zero-order valence-corrected chi connectivity index (χ0v) is 30.0. The molecule has 0 saturated heterocycles. The normalized spacial score (nSPS) is 11.0. The van der Waals surface area contributed by atoms with Gasteiger partial charge in [-0.2, -0.15) is 15.5 Å². The van der Waals surface area contributed by atoms with E-state index in [1.54, 1.807) is 11.6 Å². The highest BCUT2D eigenvalue weighted by Gasteiger charge is 2.23. The Balaban J connectivity index is 1.31. The van der Waals surface area contributed by atoms with E-state index in [0.717, 1.165) is 55.6 Å². The van der Waals surface area contributed by atoms with Crippen LogP contribution in [-0.2, 0) is 27.2 Å². The topological polar surface area (TPSA) is 90.6 Å². The van der Waals surface area contributed by atoms with Crippen LogP contribution in [0.2, 0.25) is 0 Å². The summed E-state index contributed by atoms with van der Waals surface area (Å²) in [7, 11) is 3.74. The van der Waals surface area contributed by atoms with E-state index in [1.165, 1.54) is 5.56 Å². The second-order valence-corrected chi connectivity index (χ2v) is 13.5. The van der Waals surface area contributed by atoms with Gasteiger partial charge >= 0.3 is 0 Å². The molecule has 0 fully saturated rings. The van der Waals surface area contributed by atoms with E-state index in [1.807, 2.05) is 90.6 Å². The van der Waals surface area contributed by atoms with Gasteiger partial charge in [-0.15, -0.1) is 0 Å². The Kier molecular flexibility index (Phi) is 9.03. The standard InChI is InChI=1S/C45H38N6O/c1-29-22-30(2)41(31(3)23-29)40-28-49(4)43-42(40)44(52)50(5)45(48-43)51(26-32-14-18-34(19-15-32)38-12-8-6-10-36(38)24-46)27-33-16-20-35(21-17-33)39-13-9-7-11-37(39)25-47/h6-23,28H,26-27H2,1-5H3. The molecule has 7 heteroatoms. The minimum absolute atomic E-state index is 0.105. The highest BCUT2D eigenvalue weighted by Crippen LogP contribution is 2.34. The number of hydrogen-bond acceptors (Lipinski definition) is 5. The zero-order chi connectivity index (χ0) is 36.5. The van der Waals surface area contributed by atoms with Crippen molar-refractivity contribution in [2.75, 3.05) is 4.90 Å². The van der Waals surface area contributed by atoms with E-state index in [2.05, 4.69) is 74.2 Å². The lowest BCUT2D eigenvalue weighted by atomic mass is 9.94. The molecule has 2 aromatic heterocycles. The van der Waals surface area contributed by atoms with Crippen LogP contribution in [0.1, 0.15) is 38.9 Å². The average molecular weight is 679 g/mol. The Morgan fingerprint density at radius 1 is 0.673 bits per heavy atom. The molecule has 0 unspecified atom stereocenters. The predicted molar refractivity (Wildman–Crippen MR) is 209 cm³/mol. The van der Waals surface area contributed by atoms with Crippen LogP contribution in [0.25, 0.3) is 44.4 Å². The van der Waals surface area contributed by atoms with Gasteiger partial charge in [-0.1, -0.05) is 103 Å².